The zero-order valence-corrected chi connectivity index (χ0v) is 13.0. The fourth-order valence-corrected chi connectivity index (χ4v) is 2.56. The monoisotopic (exact) mass is 388 g/mol. The van der Waals surface area contributed by atoms with Crippen LogP contribution in [-0.4, -0.2) is 16.1 Å². The molecule has 2 rings (SSSR count). The summed E-state index contributed by atoms with van der Waals surface area (Å²) in [6.45, 7) is 1.82. The Morgan fingerprint density at radius 1 is 1.47 bits per heavy atom. The average molecular weight is 390 g/mol. The van der Waals surface area contributed by atoms with E-state index in [-0.39, 0.29) is 0 Å². The number of nitrogens with zero attached hydrogens (tertiary/aromatic N) is 1. The van der Waals surface area contributed by atoms with Crippen molar-refractivity contribution >= 4 is 43.6 Å². The molecule has 7 heteroatoms. The molecule has 5 nitrogen and oxygen atoms in total. The van der Waals surface area contributed by atoms with Gasteiger partial charge in [0.1, 0.15) is 11.6 Å². The summed E-state index contributed by atoms with van der Waals surface area (Å²) in [6.07, 6.45) is 1.43. The molecule has 100 valence electrons. The molecular weight excluding hydrogens is 380 g/mol. The van der Waals surface area contributed by atoms with Crippen LogP contribution in [-0.2, 0) is 4.79 Å². The molecule has 0 spiro atoms. The molecule has 0 aromatic carbocycles. The maximum absolute atomic E-state index is 11.3. The van der Waals surface area contributed by atoms with Crippen LogP contribution in [0.15, 0.2) is 37.8 Å². The summed E-state index contributed by atoms with van der Waals surface area (Å²) in [4.78, 5) is 15.6. The fraction of sp³-hybridized carbons (Fsp3) is 0.167. The first-order valence-corrected chi connectivity index (χ1v) is 6.93. The summed E-state index contributed by atoms with van der Waals surface area (Å²) >= 11 is 6.70. The minimum absolute atomic E-state index is 0.321. The van der Waals surface area contributed by atoms with Crippen molar-refractivity contribution in [3.8, 4) is 0 Å². The summed E-state index contributed by atoms with van der Waals surface area (Å²) in [7, 11) is 0. The zero-order valence-electron chi connectivity index (χ0n) is 9.85. The number of anilines is 1. The lowest BCUT2D eigenvalue weighted by atomic mass is 10.2. The topological polar surface area (TPSA) is 75.4 Å². The number of carbonyl (C=O) groups is 1. The lowest BCUT2D eigenvalue weighted by Crippen LogP contribution is -2.21. The number of rotatable bonds is 4. The number of carboxylic acid groups (broad SMARTS) is 1. The lowest BCUT2D eigenvalue weighted by Gasteiger charge is -2.15. The van der Waals surface area contributed by atoms with Crippen molar-refractivity contribution < 1.29 is 14.3 Å². The molecule has 2 aromatic rings. The maximum atomic E-state index is 11.3. The van der Waals surface area contributed by atoms with Gasteiger partial charge in [-0.25, -0.2) is 9.78 Å². The van der Waals surface area contributed by atoms with Crippen molar-refractivity contribution in [2.24, 2.45) is 0 Å². The van der Waals surface area contributed by atoms with Crippen LogP contribution < -0.4 is 5.32 Å². The van der Waals surface area contributed by atoms with Crippen molar-refractivity contribution in [3.05, 3.63) is 44.9 Å². The van der Waals surface area contributed by atoms with E-state index in [0.717, 1.165) is 10.2 Å². The van der Waals surface area contributed by atoms with Gasteiger partial charge in [-0.05, 0) is 57.0 Å². The number of carboxylic acids is 1. The quantitative estimate of drug-likeness (QED) is 0.832. The van der Waals surface area contributed by atoms with E-state index in [4.69, 9.17) is 4.42 Å². The molecule has 0 saturated carbocycles. The molecule has 2 heterocycles. The average Bonchev–Trinajstić information content (AvgIpc) is 2.85. The SMILES string of the molecule is Cc1nc(NC(C(=O)O)c2ccco2)c(Br)cc1Br. The third-order valence-electron chi connectivity index (χ3n) is 2.46. The van der Waals surface area contributed by atoms with Crippen LogP contribution in [0.1, 0.15) is 17.5 Å². The normalized spacial score (nSPS) is 12.2. The van der Waals surface area contributed by atoms with Crippen LogP contribution in [0.25, 0.3) is 0 Å². The van der Waals surface area contributed by atoms with Crippen molar-refractivity contribution in [2.45, 2.75) is 13.0 Å². The van der Waals surface area contributed by atoms with Crippen LogP contribution in [0.5, 0.6) is 0 Å². The van der Waals surface area contributed by atoms with E-state index < -0.39 is 12.0 Å². The number of aromatic nitrogens is 1. The second-order valence-corrected chi connectivity index (χ2v) is 5.53. The van der Waals surface area contributed by atoms with Gasteiger partial charge in [-0.3, -0.25) is 0 Å². The van der Waals surface area contributed by atoms with E-state index in [9.17, 15) is 9.90 Å². The van der Waals surface area contributed by atoms with E-state index >= 15 is 0 Å². The first-order valence-electron chi connectivity index (χ1n) is 5.34. The van der Waals surface area contributed by atoms with Crippen molar-refractivity contribution in [1.82, 2.24) is 4.98 Å². The van der Waals surface area contributed by atoms with Gasteiger partial charge < -0.3 is 14.8 Å². The summed E-state index contributed by atoms with van der Waals surface area (Å²) in [5.41, 5.74) is 0.759. The highest BCUT2D eigenvalue weighted by Gasteiger charge is 2.24. The van der Waals surface area contributed by atoms with E-state index in [1.54, 1.807) is 12.1 Å². The highest BCUT2D eigenvalue weighted by molar-refractivity contribution is 9.11. The largest absolute Gasteiger partial charge is 0.479 e. The summed E-state index contributed by atoms with van der Waals surface area (Å²) in [5, 5.41) is 12.1. The molecule has 0 aliphatic carbocycles. The molecular formula is C12H10Br2N2O3. The van der Waals surface area contributed by atoms with Crippen LogP contribution >= 0.6 is 31.9 Å². The van der Waals surface area contributed by atoms with Gasteiger partial charge >= 0.3 is 5.97 Å². The van der Waals surface area contributed by atoms with Crippen LogP contribution in [0.3, 0.4) is 0 Å². The molecule has 0 aliphatic heterocycles. The van der Waals surface area contributed by atoms with E-state index in [1.165, 1.54) is 6.26 Å². The number of halogens is 2. The molecule has 0 bridgehead atoms. The predicted molar refractivity (Wildman–Crippen MR) is 77.1 cm³/mol. The number of furan rings is 1. The first-order chi connectivity index (χ1) is 8.99. The first kappa shape index (κ1) is 14.1. The van der Waals surface area contributed by atoms with Gasteiger partial charge in [0, 0.05) is 4.47 Å². The number of aryl methyl sites for hydroxylation is 1. The van der Waals surface area contributed by atoms with Gasteiger partial charge in [-0.2, -0.15) is 0 Å². The minimum atomic E-state index is -1.04. The summed E-state index contributed by atoms with van der Waals surface area (Å²) in [6, 6.07) is 4.07. The number of hydrogen-bond acceptors (Lipinski definition) is 4. The number of hydrogen-bond donors (Lipinski definition) is 2. The Balaban J connectivity index is 2.33. The Labute approximate surface area is 126 Å². The van der Waals surface area contributed by atoms with E-state index in [0.29, 0.717) is 16.1 Å². The number of pyridine rings is 1. The zero-order chi connectivity index (χ0) is 14.0. The van der Waals surface area contributed by atoms with E-state index in [1.807, 2.05) is 13.0 Å². The van der Waals surface area contributed by atoms with Gasteiger partial charge in [0.2, 0.25) is 0 Å². The third kappa shape index (κ3) is 3.16. The second kappa shape index (κ2) is 5.75. The molecule has 2 N–H and O–H groups in total. The summed E-state index contributed by atoms with van der Waals surface area (Å²) in [5.74, 6) is -0.268. The minimum Gasteiger partial charge on any atom is -0.479 e. The molecule has 0 fully saturated rings. The van der Waals surface area contributed by atoms with Crippen LogP contribution in [0.4, 0.5) is 5.82 Å². The molecule has 1 unspecified atom stereocenters. The van der Waals surface area contributed by atoms with Crippen LogP contribution in [0, 0.1) is 6.92 Å². The van der Waals surface area contributed by atoms with Gasteiger partial charge in [-0.1, -0.05) is 0 Å². The van der Waals surface area contributed by atoms with Crippen LogP contribution in [0.2, 0.25) is 0 Å². The molecule has 0 amide bonds. The van der Waals surface area contributed by atoms with Gasteiger partial charge in [0.05, 0.1) is 16.4 Å². The second-order valence-electron chi connectivity index (χ2n) is 3.82. The third-order valence-corrected chi connectivity index (χ3v) is 3.87. The van der Waals surface area contributed by atoms with Crippen molar-refractivity contribution in [3.63, 3.8) is 0 Å². The summed E-state index contributed by atoms with van der Waals surface area (Å²) < 4.78 is 6.64. The lowest BCUT2D eigenvalue weighted by molar-refractivity contribution is -0.138. The smallest absolute Gasteiger partial charge is 0.334 e. The molecule has 19 heavy (non-hydrogen) atoms. The maximum Gasteiger partial charge on any atom is 0.334 e. The van der Waals surface area contributed by atoms with E-state index in [2.05, 4.69) is 42.2 Å². The Morgan fingerprint density at radius 3 is 2.79 bits per heavy atom. The number of aliphatic carboxylic acids is 1. The highest BCUT2D eigenvalue weighted by atomic mass is 79.9. The van der Waals surface area contributed by atoms with Crippen molar-refractivity contribution in [1.29, 1.82) is 0 Å². The van der Waals surface area contributed by atoms with Gasteiger partial charge in [-0.15, -0.1) is 0 Å². The van der Waals surface area contributed by atoms with Crippen molar-refractivity contribution in [2.75, 3.05) is 5.32 Å². The van der Waals surface area contributed by atoms with Gasteiger partial charge in [0.15, 0.2) is 6.04 Å². The molecule has 0 saturated heterocycles. The Bertz CT molecular complexity index is 599. The predicted octanol–water partition coefficient (Wildman–Crippen LogP) is 3.75. The molecule has 0 radical (unpaired) electrons. The molecule has 0 aliphatic rings. The fourth-order valence-electron chi connectivity index (χ4n) is 1.51. The molecule has 2 aromatic heterocycles. The molecule has 1 atom stereocenters. The Hall–Kier alpha value is -1.34. The Kier molecular flexibility index (Phi) is 4.26. The highest BCUT2D eigenvalue weighted by Crippen LogP contribution is 2.29. The standard InChI is InChI=1S/C12H10Br2N2O3/c1-6-7(13)5-8(14)11(15-6)16-10(12(17)18)9-3-2-4-19-9/h2-5,10H,1H3,(H,15,16)(H,17,18). The van der Waals surface area contributed by atoms with Gasteiger partial charge in [0.25, 0.3) is 0 Å². The number of nitrogens with one attached hydrogen (secondary N) is 1. The Morgan fingerprint density at radius 2 is 2.21 bits per heavy atom.